The van der Waals surface area contributed by atoms with Crippen LogP contribution in [0.3, 0.4) is 0 Å². The molecule has 0 atom stereocenters. The first kappa shape index (κ1) is 18.7. The van der Waals surface area contributed by atoms with Crippen molar-refractivity contribution in [1.82, 2.24) is 0 Å². The van der Waals surface area contributed by atoms with Crippen LogP contribution in [-0.4, -0.2) is 29.9 Å². The van der Waals surface area contributed by atoms with E-state index in [1.807, 2.05) is 13.8 Å². The highest BCUT2D eigenvalue weighted by atomic mass is 35.5. The molecule has 114 valence electrons. The summed E-state index contributed by atoms with van der Waals surface area (Å²) >= 11 is 19.8. The Morgan fingerprint density at radius 3 is 2.45 bits per heavy atom. The molecule has 1 rings (SSSR count). The van der Waals surface area contributed by atoms with Gasteiger partial charge < -0.3 is 14.3 Å². The van der Waals surface area contributed by atoms with E-state index in [4.69, 9.17) is 49.3 Å². The van der Waals surface area contributed by atoms with E-state index in [1.54, 1.807) is 6.07 Å². The highest BCUT2D eigenvalue weighted by Crippen LogP contribution is 2.61. The first-order valence-electron chi connectivity index (χ1n) is 5.65. The Balaban J connectivity index is 2.80. The molecule has 0 spiro atoms. The molecule has 0 aromatic carbocycles. The quantitative estimate of drug-likeness (QED) is 0.282. The molecule has 0 radical (unpaired) electrons. The maximum absolute atomic E-state index is 9.14. The summed E-state index contributed by atoms with van der Waals surface area (Å²) in [6.45, 7) is 4.66. The molecule has 10 heteroatoms. The third-order valence-corrected chi connectivity index (χ3v) is 8.93. The van der Waals surface area contributed by atoms with Crippen LogP contribution in [0.5, 0.6) is 0 Å². The summed E-state index contributed by atoms with van der Waals surface area (Å²) in [5, 5.41) is 12.4. The standard InChI is InChI=1S/C10H14Cl2NO3PS3/c1-3-15-17(18,16-4-2)19-6-8(13-14)7-5-9(11)20-10(7)12/h5,14H,3-4,6H2,1-2H3/b13-8+. The van der Waals surface area contributed by atoms with Gasteiger partial charge in [-0.15, -0.1) is 11.3 Å². The Morgan fingerprint density at radius 1 is 1.45 bits per heavy atom. The summed E-state index contributed by atoms with van der Waals surface area (Å²) in [7, 11) is 0. The zero-order chi connectivity index (χ0) is 15.2. The highest BCUT2D eigenvalue weighted by Gasteiger charge is 2.22. The third-order valence-electron chi connectivity index (χ3n) is 2.02. The molecule has 0 unspecified atom stereocenters. The summed E-state index contributed by atoms with van der Waals surface area (Å²) < 4.78 is 12.0. The zero-order valence-corrected chi connectivity index (χ0v) is 15.7. The van der Waals surface area contributed by atoms with Crippen LogP contribution in [0.2, 0.25) is 8.67 Å². The zero-order valence-electron chi connectivity index (χ0n) is 10.8. The van der Waals surface area contributed by atoms with Gasteiger partial charge in [0, 0.05) is 11.3 Å². The molecule has 0 aliphatic rings. The summed E-state index contributed by atoms with van der Waals surface area (Å²) in [6, 6.07) is 1.66. The van der Waals surface area contributed by atoms with Gasteiger partial charge in [0.15, 0.2) is 0 Å². The van der Waals surface area contributed by atoms with Crippen molar-refractivity contribution in [2.75, 3.05) is 19.0 Å². The van der Waals surface area contributed by atoms with Crippen LogP contribution in [0.15, 0.2) is 11.2 Å². The van der Waals surface area contributed by atoms with Crippen molar-refractivity contribution in [3.05, 3.63) is 20.3 Å². The number of rotatable bonds is 8. The van der Waals surface area contributed by atoms with Gasteiger partial charge in [0.2, 0.25) is 5.69 Å². The van der Waals surface area contributed by atoms with E-state index in [0.717, 1.165) is 0 Å². The van der Waals surface area contributed by atoms with Crippen molar-refractivity contribution in [2.24, 2.45) is 5.16 Å². The topological polar surface area (TPSA) is 51.0 Å². The van der Waals surface area contributed by atoms with Gasteiger partial charge in [0.05, 0.1) is 23.3 Å². The Morgan fingerprint density at radius 2 is 2.05 bits per heavy atom. The largest absolute Gasteiger partial charge is 0.411 e. The summed E-state index contributed by atoms with van der Waals surface area (Å²) in [5.41, 5.74) is -1.43. The second kappa shape index (κ2) is 8.96. The van der Waals surface area contributed by atoms with Crippen LogP contribution in [0.1, 0.15) is 19.4 Å². The van der Waals surface area contributed by atoms with E-state index in [1.165, 1.54) is 22.7 Å². The minimum Gasteiger partial charge on any atom is -0.411 e. The molecule has 0 aliphatic heterocycles. The molecule has 4 nitrogen and oxygen atoms in total. The fourth-order valence-electron chi connectivity index (χ4n) is 1.27. The molecular formula is C10H14Cl2NO3PS3. The van der Waals surface area contributed by atoms with E-state index in [0.29, 0.717) is 38.9 Å². The second-order valence-corrected chi connectivity index (χ2v) is 11.9. The Kier molecular flexibility index (Phi) is 8.38. The van der Waals surface area contributed by atoms with E-state index < -0.39 is 5.69 Å². The summed E-state index contributed by atoms with van der Waals surface area (Å²) in [6.07, 6.45) is 0. The predicted molar refractivity (Wildman–Crippen MR) is 92.7 cm³/mol. The minimum absolute atomic E-state index is 0.334. The fraction of sp³-hybridized carbons (Fsp3) is 0.500. The van der Waals surface area contributed by atoms with Crippen molar-refractivity contribution >= 4 is 69.1 Å². The molecule has 0 saturated heterocycles. The predicted octanol–water partition coefficient (Wildman–Crippen LogP) is 5.26. The lowest BCUT2D eigenvalue weighted by Gasteiger charge is -2.19. The molecule has 1 heterocycles. The lowest BCUT2D eigenvalue weighted by atomic mass is 10.2. The maximum atomic E-state index is 9.14. The summed E-state index contributed by atoms with van der Waals surface area (Å²) in [5.74, 6) is 0.334. The van der Waals surface area contributed by atoms with Crippen LogP contribution < -0.4 is 0 Å². The Bertz CT molecular complexity index is 514. The fourth-order valence-corrected chi connectivity index (χ4v) is 7.15. The van der Waals surface area contributed by atoms with Crippen LogP contribution in [0.25, 0.3) is 0 Å². The normalized spacial score (nSPS) is 12.9. The van der Waals surface area contributed by atoms with E-state index in [2.05, 4.69) is 5.16 Å². The van der Waals surface area contributed by atoms with Crippen LogP contribution in [0, 0.1) is 0 Å². The van der Waals surface area contributed by atoms with Crippen LogP contribution in [0.4, 0.5) is 0 Å². The number of hydrogen-bond donors (Lipinski definition) is 1. The lowest BCUT2D eigenvalue weighted by Crippen LogP contribution is -2.05. The lowest BCUT2D eigenvalue weighted by molar-refractivity contribution is 0.280. The van der Waals surface area contributed by atoms with Crippen LogP contribution in [-0.2, 0) is 20.9 Å². The van der Waals surface area contributed by atoms with Gasteiger partial charge in [-0.05, 0) is 31.7 Å². The number of nitrogens with zero attached hydrogens (tertiary/aromatic N) is 1. The highest BCUT2D eigenvalue weighted by molar-refractivity contribution is 8.68. The Labute approximate surface area is 141 Å². The molecule has 0 fully saturated rings. The van der Waals surface area contributed by atoms with Gasteiger partial charge in [-0.25, -0.2) is 0 Å². The van der Waals surface area contributed by atoms with Gasteiger partial charge in [-0.1, -0.05) is 39.7 Å². The second-order valence-electron chi connectivity index (χ2n) is 3.34. The molecular weight excluding hydrogens is 380 g/mol. The van der Waals surface area contributed by atoms with Crippen molar-refractivity contribution in [2.45, 2.75) is 13.8 Å². The monoisotopic (exact) mass is 393 g/mol. The van der Waals surface area contributed by atoms with Gasteiger partial charge in [0.1, 0.15) is 4.34 Å². The SMILES string of the molecule is CCOP(=S)(OCC)SC/C(=N\O)c1cc(Cl)sc1Cl. The molecule has 1 aromatic rings. The molecule has 0 aliphatic carbocycles. The molecule has 0 bridgehead atoms. The van der Waals surface area contributed by atoms with Crippen molar-refractivity contribution in [3.63, 3.8) is 0 Å². The maximum Gasteiger partial charge on any atom is 0.247 e. The molecule has 1 aromatic heterocycles. The van der Waals surface area contributed by atoms with E-state index >= 15 is 0 Å². The molecule has 1 N–H and O–H groups in total. The van der Waals surface area contributed by atoms with Gasteiger partial charge >= 0.3 is 0 Å². The number of thiophene rings is 1. The first-order chi connectivity index (χ1) is 9.45. The number of oxime groups is 1. The Hall–Kier alpha value is 0.670. The molecule has 20 heavy (non-hydrogen) atoms. The van der Waals surface area contributed by atoms with Gasteiger partial charge in [-0.3, -0.25) is 0 Å². The molecule has 0 saturated carbocycles. The van der Waals surface area contributed by atoms with E-state index in [-0.39, 0.29) is 0 Å². The average Bonchev–Trinajstić information content (AvgIpc) is 2.70. The van der Waals surface area contributed by atoms with Crippen molar-refractivity contribution in [3.8, 4) is 0 Å². The first-order valence-corrected chi connectivity index (χ1v) is 11.5. The van der Waals surface area contributed by atoms with E-state index in [9.17, 15) is 0 Å². The van der Waals surface area contributed by atoms with Gasteiger partial charge in [0.25, 0.3) is 0 Å². The minimum atomic E-state index is -2.43. The number of hydrogen-bond acceptors (Lipinski definition) is 7. The average molecular weight is 394 g/mol. The van der Waals surface area contributed by atoms with Crippen molar-refractivity contribution < 1.29 is 14.3 Å². The van der Waals surface area contributed by atoms with Crippen LogP contribution >= 0.6 is 51.6 Å². The summed E-state index contributed by atoms with van der Waals surface area (Å²) in [4.78, 5) is 0. The smallest absolute Gasteiger partial charge is 0.247 e. The molecule has 0 amide bonds. The third kappa shape index (κ3) is 5.46. The van der Waals surface area contributed by atoms with Crippen molar-refractivity contribution in [1.29, 1.82) is 0 Å². The number of halogens is 2. The van der Waals surface area contributed by atoms with Gasteiger partial charge in [-0.2, -0.15) is 0 Å².